The second kappa shape index (κ2) is 5.56. The summed E-state index contributed by atoms with van der Waals surface area (Å²) in [5.74, 6) is 0.169. The van der Waals surface area contributed by atoms with E-state index in [-0.39, 0.29) is 12.6 Å². The van der Waals surface area contributed by atoms with Gasteiger partial charge in [0.05, 0.1) is 12.4 Å². The summed E-state index contributed by atoms with van der Waals surface area (Å²) in [6.45, 7) is 5.85. The molecule has 0 radical (unpaired) electrons. The van der Waals surface area contributed by atoms with Crippen molar-refractivity contribution in [3.8, 4) is 5.88 Å². The van der Waals surface area contributed by atoms with Crippen molar-refractivity contribution in [1.82, 2.24) is 9.97 Å². The van der Waals surface area contributed by atoms with E-state index in [2.05, 4.69) is 9.97 Å². The number of hydrogen-bond acceptors (Lipinski definition) is 5. The largest absolute Gasteiger partial charge is 0.475 e. The minimum Gasteiger partial charge on any atom is -0.475 e. The maximum Gasteiger partial charge on any atom is 0.316 e. The van der Waals surface area contributed by atoms with E-state index in [1.165, 1.54) is 12.4 Å². The highest BCUT2D eigenvalue weighted by Crippen LogP contribution is 2.43. The third-order valence-corrected chi connectivity index (χ3v) is 3.43. The summed E-state index contributed by atoms with van der Waals surface area (Å²) < 4.78 is 11.0. The van der Waals surface area contributed by atoms with Crippen LogP contribution in [0.1, 0.15) is 40.0 Å². The molecule has 0 amide bonds. The Bertz CT molecular complexity index is 478. The monoisotopic (exact) mass is 298 g/mol. The molecule has 1 fully saturated rings. The number of hydrogen-bond donors (Lipinski definition) is 0. The first-order valence-corrected chi connectivity index (χ1v) is 7.02. The summed E-state index contributed by atoms with van der Waals surface area (Å²) in [5.41, 5.74) is -1.03. The second-order valence-electron chi connectivity index (χ2n) is 6.10. The normalized spacial score (nSPS) is 17.2. The van der Waals surface area contributed by atoms with Gasteiger partial charge in [-0.25, -0.2) is 9.97 Å². The van der Waals surface area contributed by atoms with E-state index in [0.29, 0.717) is 11.0 Å². The van der Waals surface area contributed by atoms with Gasteiger partial charge in [0, 0.05) is 0 Å². The van der Waals surface area contributed by atoms with E-state index in [1.807, 2.05) is 20.8 Å². The first kappa shape index (κ1) is 15.0. The zero-order valence-electron chi connectivity index (χ0n) is 12.0. The van der Waals surface area contributed by atoms with Crippen LogP contribution in [0.25, 0.3) is 0 Å². The standard InChI is InChI=1S/C14H19ClN2O3/c1-13(2,3)20-12(18)14(5-4-6-14)9-19-11-8-16-10(15)7-17-11/h7-8H,4-6,9H2,1-3H3. The number of aromatic nitrogens is 2. The first-order valence-electron chi connectivity index (χ1n) is 6.65. The third kappa shape index (κ3) is 3.60. The van der Waals surface area contributed by atoms with Crippen LogP contribution >= 0.6 is 11.6 Å². The van der Waals surface area contributed by atoms with E-state index >= 15 is 0 Å². The Morgan fingerprint density at radius 3 is 2.50 bits per heavy atom. The Balaban J connectivity index is 1.97. The minimum absolute atomic E-state index is 0.196. The van der Waals surface area contributed by atoms with Crippen LogP contribution in [-0.4, -0.2) is 28.1 Å². The van der Waals surface area contributed by atoms with Crippen molar-refractivity contribution < 1.29 is 14.3 Å². The van der Waals surface area contributed by atoms with Crippen molar-refractivity contribution in [2.75, 3.05) is 6.61 Å². The Labute approximate surface area is 123 Å². The van der Waals surface area contributed by atoms with Gasteiger partial charge in [-0.15, -0.1) is 0 Å². The molecule has 0 spiro atoms. The third-order valence-electron chi connectivity index (χ3n) is 3.24. The Kier molecular flexibility index (Phi) is 4.18. The smallest absolute Gasteiger partial charge is 0.316 e. The van der Waals surface area contributed by atoms with Crippen molar-refractivity contribution in [1.29, 1.82) is 0 Å². The number of rotatable bonds is 4. The quantitative estimate of drug-likeness (QED) is 0.800. The van der Waals surface area contributed by atoms with Gasteiger partial charge in [-0.3, -0.25) is 4.79 Å². The molecule has 1 saturated carbocycles. The number of esters is 1. The van der Waals surface area contributed by atoms with Crippen LogP contribution in [0.2, 0.25) is 5.15 Å². The number of halogens is 1. The van der Waals surface area contributed by atoms with Crippen molar-refractivity contribution in [2.24, 2.45) is 5.41 Å². The lowest BCUT2D eigenvalue weighted by Gasteiger charge is -2.40. The summed E-state index contributed by atoms with van der Waals surface area (Å²) in [4.78, 5) is 20.2. The SMILES string of the molecule is CC(C)(C)OC(=O)C1(COc2cnc(Cl)cn2)CCC1. The number of nitrogens with zero attached hydrogens (tertiary/aromatic N) is 2. The first-order chi connectivity index (χ1) is 9.31. The molecule has 5 nitrogen and oxygen atoms in total. The van der Waals surface area contributed by atoms with Crippen LogP contribution in [0.15, 0.2) is 12.4 Å². The second-order valence-corrected chi connectivity index (χ2v) is 6.49. The predicted octanol–water partition coefficient (Wildman–Crippen LogP) is 3.02. The van der Waals surface area contributed by atoms with Crippen LogP contribution < -0.4 is 4.74 Å². The lowest BCUT2D eigenvalue weighted by Crippen LogP contribution is -2.46. The molecule has 1 aromatic heterocycles. The molecule has 0 atom stereocenters. The van der Waals surface area contributed by atoms with Crippen molar-refractivity contribution >= 4 is 17.6 Å². The highest BCUT2D eigenvalue weighted by atomic mass is 35.5. The van der Waals surface area contributed by atoms with E-state index in [1.54, 1.807) is 0 Å². The van der Waals surface area contributed by atoms with Crippen LogP contribution in [0.3, 0.4) is 0 Å². The Hall–Kier alpha value is -1.36. The molecule has 20 heavy (non-hydrogen) atoms. The lowest BCUT2D eigenvalue weighted by atomic mass is 9.69. The molecule has 1 aromatic rings. The summed E-state index contributed by atoms with van der Waals surface area (Å²) in [6.07, 6.45) is 5.43. The van der Waals surface area contributed by atoms with Crippen molar-refractivity contribution in [3.05, 3.63) is 17.5 Å². The molecule has 110 valence electrons. The highest BCUT2D eigenvalue weighted by molar-refractivity contribution is 6.29. The molecular formula is C14H19ClN2O3. The van der Waals surface area contributed by atoms with Crippen LogP contribution in [0.4, 0.5) is 0 Å². The van der Waals surface area contributed by atoms with Gasteiger partial charge in [0.25, 0.3) is 0 Å². The van der Waals surface area contributed by atoms with Gasteiger partial charge >= 0.3 is 5.97 Å². The van der Waals surface area contributed by atoms with Crippen molar-refractivity contribution in [2.45, 2.75) is 45.6 Å². The predicted molar refractivity (Wildman–Crippen MR) is 74.7 cm³/mol. The Morgan fingerprint density at radius 1 is 1.35 bits per heavy atom. The fraction of sp³-hybridized carbons (Fsp3) is 0.643. The molecule has 1 heterocycles. The molecule has 1 aliphatic carbocycles. The van der Waals surface area contributed by atoms with Gasteiger partial charge in [-0.2, -0.15) is 0 Å². The molecular weight excluding hydrogens is 280 g/mol. The van der Waals surface area contributed by atoms with E-state index in [9.17, 15) is 4.79 Å². The maximum atomic E-state index is 12.3. The highest BCUT2D eigenvalue weighted by Gasteiger charge is 2.47. The molecule has 0 bridgehead atoms. The van der Waals surface area contributed by atoms with Gasteiger partial charge < -0.3 is 9.47 Å². The van der Waals surface area contributed by atoms with Crippen LogP contribution in [0.5, 0.6) is 5.88 Å². The lowest BCUT2D eigenvalue weighted by molar-refractivity contribution is -0.176. The molecule has 1 aliphatic rings. The average molecular weight is 299 g/mol. The van der Waals surface area contributed by atoms with Crippen molar-refractivity contribution in [3.63, 3.8) is 0 Å². The summed E-state index contributed by atoms with van der Waals surface area (Å²) >= 11 is 5.66. The molecule has 0 saturated heterocycles. The molecule has 2 rings (SSSR count). The molecule has 0 N–H and O–H groups in total. The summed E-state index contributed by atoms with van der Waals surface area (Å²) in [5, 5.41) is 0.308. The van der Waals surface area contributed by atoms with E-state index in [0.717, 1.165) is 19.3 Å². The molecule has 0 aliphatic heterocycles. The molecule has 6 heteroatoms. The minimum atomic E-state index is -0.547. The van der Waals surface area contributed by atoms with Gasteiger partial charge in [0.1, 0.15) is 22.8 Å². The Morgan fingerprint density at radius 2 is 2.05 bits per heavy atom. The molecule has 0 aromatic carbocycles. The fourth-order valence-electron chi connectivity index (χ4n) is 1.98. The van der Waals surface area contributed by atoms with Gasteiger partial charge in [0.15, 0.2) is 0 Å². The van der Waals surface area contributed by atoms with Gasteiger partial charge in [0.2, 0.25) is 5.88 Å². The number of carbonyl (C=O) groups excluding carboxylic acids is 1. The summed E-state index contributed by atoms with van der Waals surface area (Å²) in [7, 11) is 0. The topological polar surface area (TPSA) is 61.3 Å². The maximum absolute atomic E-state index is 12.3. The van der Waals surface area contributed by atoms with E-state index < -0.39 is 11.0 Å². The van der Waals surface area contributed by atoms with E-state index in [4.69, 9.17) is 21.1 Å². The number of ether oxygens (including phenoxy) is 2. The van der Waals surface area contributed by atoms with Gasteiger partial charge in [-0.05, 0) is 33.6 Å². The van der Waals surface area contributed by atoms with Crippen LogP contribution in [0, 0.1) is 5.41 Å². The fourth-order valence-corrected chi connectivity index (χ4v) is 2.08. The average Bonchev–Trinajstić information content (AvgIpc) is 2.27. The van der Waals surface area contributed by atoms with Gasteiger partial charge in [-0.1, -0.05) is 18.0 Å². The number of carbonyl (C=O) groups is 1. The van der Waals surface area contributed by atoms with Crippen LogP contribution in [-0.2, 0) is 9.53 Å². The molecule has 0 unspecified atom stereocenters. The zero-order chi connectivity index (χ0) is 14.8. The summed E-state index contributed by atoms with van der Waals surface area (Å²) in [6, 6.07) is 0. The zero-order valence-corrected chi connectivity index (χ0v) is 12.7.